The van der Waals surface area contributed by atoms with Gasteiger partial charge in [-0.2, -0.15) is 5.26 Å². The molecule has 0 bridgehead atoms. The summed E-state index contributed by atoms with van der Waals surface area (Å²) >= 11 is 4.60. The molecule has 6 heteroatoms. The molecule has 4 nitrogen and oxygen atoms in total. The normalized spacial score (nSPS) is 12.5. The molecule has 1 aromatic heterocycles. The summed E-state index contributed by atoms with van der Waals surface area (Å²) in [7, 11) is 0. The highest BCUT2D eigenvalue weighted by atomic mass is 79.9. The maximum absolute atomic E-state index is 8.88. The lowest BCUT2D eigenvalue weighted by Crippen LogP contribution is -1.92. The number of nitrogens with zero attached hydrogens (tertiary/aromatic N) is 2. The maximum atomic E-state index is 8.88. The Morgan fingerprint density at radius 2 is 2.18 bits per heavy atom. The van der Waals surface area contributed by atoms with Gasteiger partial charge in [-0.15, -0.1) is 11.3 Å². The molecule has 3 rings (SSSR count). The van der Waals surface area contributed by atoms with Gasteiger partial charge in [0, 0.05) is 5.56 Å². The number of thiazole rings is 1. The van der Waals surface area contributed by atoms with Crippen molar-refractivity contribution in [1.82, 2.24) is 4.98 Å². The number of aromatic nitrogens is 1. The zero-order valence-corrected chi connectivity index (χ0v) is 10.8. The van der Waals surface area contributed by atoms with Gasteiger partial charge in [-0.25, -0.2) is 4.98 Å². The fourth-order valence-electron chi connectivity index (χ4n) is 1.52. The Balaban J connectivity index is 2.07. The molecule has 1 aromatic carbocycles. The SMILES string of the molecule is N#Cc1sc(-c2ccc3c(c2)OCO3)nc1Br. The molecule has 0 spiro atoms. The van der Waals surface area contributed by atoms with E-state index in [-0.39, 0.29) is 6.79 Å². The number of fused-ring (bicyclic) bond motifs is 1. The monoisotopic (exact) mass is 308 g/mol. The van der Waals surface area contributed by atoms with E-state index in [4.69, 9.17) is 14.7 Å². The number of benzene rings is 1. The summed E-state index contributed by atoms with van der Waals surface area (Å²) in [5.74, 6) is 1.46. The average Bonchev–Trinajstić information content (AvgIpc) is 2.93. The minimum Gasteiger partial charge on any atom is -0.454 e. The van der Waals surface area contributed by atoms with Crippen LogP contribution in [-0.2, 0) is 0 Å². The van der Waals surface area contributed by atoms with E-state index in [1.807, 2.05) is 18.2 Å². The number of ether oxygens (including phenoxy) is 2. The van der Waals surface area contributed by atoms with E-state index in [1.54, 1.807) is 0 Å². The number of rotatable bonds is 1. The van der Waals surface area contributed by atoms with Crippen LogP contribution in [0.15, 0.2) is 22.8 Å². The summed E-state index contributed by atoms with van der Waals surface area (Å²) in [5.41, 5.74) is 0.918. The predicted molar refractivity (Wildman–Crippen MR) is 66.1 cm³/mol. The zero-order chi connectivity index (χ0) is 11.8. The first kappa shape index (κ1) is 10.6. The van der Waals surface area contributed by atoms with Crippen LogP contribution in [0, 0.1) is 11.3 Å². The highest BCUT2D eigenvalue weighted by Gasteiger charge is 2.16. The molecule has 1 aliphatic rings. The summed E-state index contributed by atoms with van der Waals surface area (Å²) in [6, 6.07) is 7.71. The summed E-state index contributed by atoms with van der Waals surface area (Å²) < 4.78 is 11.1. The Bertz CT molecular complexity index is 633. The molecule has 0 atom stereocenters. The molecule has 0 unspecified atom stereocenters. The minimum atomic E-state index is 0.254. The van der Waals surface area contributed by atoms with Gasteiger partial charge in [0.2, 0.25) is 6.79 Å². The lowest BCUT2D eigenvalue weighted by Gasteiger charge is -1.98. The van der Waals surface area contributed by atoms with Gasteiger partial charge in [0.1, 0.15) is 20.6 Å². The van der Waals surface area contributed by atoms with E-state index in [9.17, 15) is 0 Å². The number of hydrogen-bond acceptors (Lipinski definition) is 5. The summed E-state index contributed by atoms with van der Waals surface area (Å²) in [5, 5.41) is 9.66. The van der Waals surface area contributed by atoms with Gasteiger partial charge in [-0.05, 0) is 34.1 Å². The molecule has 0 fully saturated rings. The topological polar surface area (TPSA) is 55.1 Å². The first-order chi connectivity index (χ1) is 8.28. The molecule has 0 N–H and O–H groups in total. The van der Waals surface area contributed by atoms with Gasteiger partial charge in [0.25, 0.3) is 0 Å². The fourth-order valence-corrected chi connectivity index (χ4v) is 2.90. The Kier molecular flexibility index (Phi) is 2.50. The zero-order valence-electron chi connectivity index (χ0n) is 8.44. The van der Waals surface area contributed by atoms with Crippen molar-refractivity contribution >= 4 is 27.3 Å². The van der Waals surface area contributed by atoms with Crippen LogP contribution in [-0.4, -0.2) is 11.8 Å². The summed E-state index contributed by atoms with van der Waals surface area (Å²) in [6.45, 7) is 0.254. The van der Waals surface area contributed by atoms with E-state index < -0.39 is 0 Å². The molecule has 1 aliphatic heterocycles. The van der Waals surface area contributed by atoms with Crippen LogP contribution >= 0.6 is 27.3 Å². The van der Waals surface area contributed by atoms with Gasteiger partial charge >= 0.3 is 0 Å². The van der Waals surface area contributed by atoms with Crippen molar-refractivity contribution in [2.45, 2.75) is 0 Å². The Morgan fingerprint density at radius 3 is 2.94 bits per heavy atom. The van der Waals surface area contributed by atoms with Gasteiger partial charge in [-0.3, -0.25) is 0 Å². The van der Waals surface area contributed by atoms with Crippen LogP contribution < -0.4 is 9.47 Å². The first-order valence-corrected chi connectivity index (χ1v) is 6.35. The third-order valence-electron chi connectivity index (χ3n) is 2.31. The van der Waals surface area contributed by atoms with Crippen molar-refractivity contribution in [3.05, 3.63) is 27.7 Å². The molecule has 0 amide bonds. The largest absolute Gasteiger partial charge is 0.454 e. The third kappa shape index (κ3) is 1.77. The van der Waals surface area contributed by atoms with Gasteiger partial charge in [0.15, 0.2) is 11.5 Å². The van der Waals surface area contributed by atoms with Crippen LogP contribution in [0.3, 0.4) is 0 Å². The van der Waals surface area contributed by atoms with Gasteiger partial charge < -0.3 is 9.47 Å². The predicted octanol–water partition coefficient (Wildman–Crippen LogP) is 3.17. The van der Waals surface area contributed by atoms with Crippen molar-refractivity contribution in [3.8, 4) is 28.1 Å². The molecule has 84 valence electrons. The third-order valence-corrected chi connectivity index (χ3v) is 4.15. The Hall–Kier alpha value is -1.58. The van der Waals surface area contributed by atoms with E-state index in [1.165, 1.54) is 11.3 Å². The lowest BCUT2D eigenvalue weighted by molar-refractivity contribution is 0.174. The number of nitriles is 1. The second-order valence-electron chi connectivity index (χ2n) is 3.32. The highest BCUT2D eigenvalue weighted by Crippen LogP contribution is 2.38. The van der Waals surface area contributed by atoms with Crippen molar-refractivity contribution in [3.63, 3.8) is 0 Å². The van der Waals surface area contributed by atoms with Crippen molar-refractivity contribution in [2.24, 2.45) is 0 Å². The van der Waals surface area contributed by atoms with Gasteiger partial charge in [-0.1, -0.05) is 0 Å². The van der Waals surface area contributed by atoms with Gasteiger partial charge in [0.05, 0.1) is 0 Å². The van der Waals surface area contributed by atoms with Crippen LogP contribution in [0.2, 0.25) is 0 Å². The maximum Gasteiger partial charge on any atom is 0.231 e. The van der Waals surface area contributed by atoms with E-state index >= 15 is 0 Å². The first-order valence-electron chi connectivity index (χ1n) is 4.74. The molecule has 0 saturated carbocycles. The van der Waals surface area contributed by atoms with Crippen LogP contribution in [0.25, 0.3) is 10.6 Å². The molecule has 0 aliphatic carbocycles. The van der Waals surface area contributed by atoms with Crippen LogP contribution in [0.5, 0.6) is 11.5 Å². The molecule has 0 saturated heterocycles. The highest BCUT2D eigenvalue weighted by molar-refractivity contribution is 9.10. The molecule has 2 heterocycles. The quantitative estimate of drug-likeness (QED) is 0.812. The summed E-state index contributed by atoms with van der Waals surface area (Å²) in [6.07, 6.45) is 0. The Morgan fingerprint density at radius 1 is 1.35 bits per heavy atom. The second-order valence-corrected chi connectivity index (χ2v) is 5.07. The van der Waals surface area contributed by atoms with Crippen molar-refractivity contribution in [2.75, 3.05) is 6.79 Å². The molecule has 2 aromatic rings. The molecular formula is C11H5BrN2O2S. The Labute approximate surface area is 110 Å². The van der Waals surface area contributed by atoms with Crippen LogP contribution in [0.4, 0.5) is 0 Å². The van der Waals surface area contributed by atoms with Crippen molar-refractivity contribution in [1.29, 1.82) is 5.26 Å². The number of hydrogen-bond donors (Lipinski definition) is 0. The number of halogens is 1. The van der Waals surface area contributed by atoms with Crippen molar-refractivity contribution < 1.29 is 9.47 Å². The summed E-state index contributed by atoms with van der Waals surface area (Å²) in [4.78, 5) is 4.86. The lowest BCUT2D eigenvalue weighted by atomic mass is 10.2. The molecular weight excluding hydrogens is 304 g/mol. The second kappa shape index (κ2) is 4.02. The smallest absolute Gasteiger partial charge is 0.231 e. The minimum absolute atomic E-state index is 0.254. The van der Waals surface area contributed by atoms with E-state index in [2.05, 4.69) is 27.0 Å². The van der Waals surface area contributed by atoms with E-state index in [0.29, 0.717) is 15.2 Å². The average molecular weight is 309 g/mol. The fraction of sp³-hybridized carbons (Fsp3) is 0.0909. The molecule has 17 heavy (non-hydrogen) atoms. The standard InChI is InChI=1S/C11H5BrN2O2S/c12-10-9(4-13)17-11(14-10)6-1-2-7-8(3-6)16-5-15-7/h1-3H,5H2. The van der Waals surface area contributed by atoms with Crippen LogP contribution in [0.1, 0.15) is 4.88 Å². The van der Waals surface area contributed by atoms with E-state index in [0.717, 1.165) is 16.3 Å². The molecule has 0 radical (unpaired) electrons.